The highest BCUT2D eigenvalue weighted by atomic mass is 35.5. The van der Waals surface area contributed by atoms with Gasteiger partial charge in [0.15, 0.2) is 0 Å². The standard InChI is InChI=1S/C24H32ClN5O2/c1-27-12-6-7-21(27)24(32)30-16-15-29(18-23(30)28-13-4-2-3-5-14-28)20-10-8-19(9-11-20)26-22(31)17-25/h6-12,23H,2-5,13-18H2,1H3,(H,26,31). The van der Waals surface area contributed by atoms with Gasteiger partial charge in [0.2, 0.25) is 5.91 Å². The van der Waals surface area contributed by atoms with Crippen LogP contribution in [0.1, 0.15) is 36.2 Å². The number of nitrogens with one attached hydrogen (secondary N) is 1. The number of carbonyl (C=O) groups is 2. The molecule has 1 atom stereocenters. The van der Waals surface area contributed by atoms with Crippen LogP contribution in [-0.4, -0.2) is 71.0 Å². The smallest absolute Gasteiger partial charge is 0.271 e. The summed E-state index contributed by atoms with van der Waals surface area (Å²) in [7, 11) is 1.93. The Bertz CT molecular complexity index is 921. The van der Waals surface area contributed by atoms with Gasteiger partial charge in [-0.05, 0) is 49.2 Å². The summed E-state index contributed by atoms with van der Waals surface area (Å²) in [6, 6.07) is 11.7. The van der Waals surface area contributed by atoms with Gasteiger partial charge in [0.25, 0.3) is 5.91 Å². The van der Waals surface area contributed by atoms with Crippen molar-refractivity contribution >= 4 is 34.8 Å². The maximum absolute atomic E-state index is 13.4. The normalized spacial score (nSPS) is 20.1. The number of aromatic nitrogens is 1. The number of halogens is 1. The van der Waals surface area contributed by atoms with Crippen molar-refractivity contribution in [2.45, 2.75) is 31.8 Å². The molecule has 4 rings (SSSR count). The zero-order chi connectivity index (χ0) is 22.5. The van der Waals surface area contributed by atoms with E-state index in [1.54, 1.807) is 0 Å². The van der Waals surface area contributed by atoms with E-state index in [4.69, 9.17) is 11.6 Å². The number of rotatable bonds is 5. The summed E-state index contributed by atoms with van der Waals surface area (Å²) in [5.41, 5.74) is 2.57. The molecule has 2 aromatic rings. The van der Waals surface area contributed by atoms with Crippen molar-refractivity contribution in [3.8, 4) is 0 Å². The Hall–Kier alpha value is -2.51. The van der Waals surface area contributed by atoms with Crippen LogP contribution in [0.4, 0.5) is 11.4 Å². The second-order valence-corrected chi connectivity index (χ2v) is 8.88. The van der Waals surface area contributed by atoms with E-state index in [2.05, 4.69) is 20.0 Å². The van der Waals surface area contributed by atoms with Crippen molar-refractivity contribution < 1.29 is 9.59 Å². The van der Waals surface area contributed by atoms with Crippen LogP contribution in [-0.2, 0) is 11.8 Å². The van der Waals surface area contributed by atoms with Crippen molar-refractivity contribution in [3.05, 3.63) is 48.3 Å². The molecule has 8 heteroatoms. The molecule has 0 radical (unpaired) electrons. The first-order valence-corrected chi connectivity index (χ1v) is 12.0. The molecule has 3 heterocycles. The number of aryl methyl sites for hydroxylation is 1. The molecule has 0 bridgehead atoms. The number of anilines is 2. The van der Waals surface area contributed by atoms with Crippen LogP contribution in [0.5, 0.6) is 0 Å². The lowest BCUT2D eigenvalue weighted by Gasteiger charge is -2.47. The molecule has 1 N–H and O–H groups in total. The average molecular weight is 458 g/mol. The highest BCUT2D eigenvalue weighted by Gasteiger charge is 2.35. The summed E-state index contributed by atoms with van der Waals surface area (Å²) >= 11 is 5.58. The van der Waals surface area contributed by atoms with Crippen LogP contribution >= 0.6 is 11.6 Å². The quantitative estimate of drug-likeness (QED) is 0.699. The third-order valence-electron chi connectivity index (χ3n) is 6.48. The highest BCUT2D eigenvalue weighted by molar-refractivity contribution is 6.29. The molecular weight excluding hydrogens is 426 g/mol. The molecular formula is C24H32ClN5O2. The number of hydrogen-bond acceptors (Lipinski definition) is 4. The fraction of sp³-hybridized carbons (Fsp3) is 0.500. The van der Waals surface area contributed by atoms with Gasteiger partial charge in [-0.15, -0.1) is 11.6 Å². The number of carbonyl (C=O) groups excluding carboxylic acids is 2. The fourth-order valence-corrected chi connectivity index (χ4v) is 4.79. The molecule has 1 unspecified atom stereocenters. The third kappa shape index (κ3) is 5.10. The van der Waals surface area contributed by atoms with Gasteiger partial charge in [-0.1, -0.05) is 12.8 Å². The van der Waals surface area contributed by atoms with Gasteiger partial charge in [-0.2, -0.15) is 0 Å². The maximum Gasteiger partial charge on any atom is 0.271 e. The molecule has 172 valence electrons. The summed E-state index contributed by atoms with van der Waals surface area (Å²) in [5, 5.41) is 2.78. The van der Waals surface area contributed by atoms with Crippen LogP contribution < -0.4 is 10.2 Å². The Balaban J connectivity index is 1.53. The van der Waals surface area contributed by atoms with Gasteiger partial charge >= 0.3 is 0 Å². The molecule has 2 saturated heterocycles. The predicted molar refractivity (Wildman–Crippen MR) is 128 cm³/mol. The van der Waals surface area contributed by atoms with E-state index in [1.807, 2.05) is 54.2 Å². The van der Waals surface area contributed by atoms with Gasteiger partial charge in [0.1, 0.15) is 17.7 Å². The zero-order valence-electron chi connectivity index (χ0n) is 18.7. The molecule has 7 nitrogen and oxygen atoms in total. The molecule has 1 aromatic carbocycles. The molecule has 2 amide bonds. The maximum atomic E-state index is 13.4. The average Bonchev–Trinajstić information content (AvgIpc) is 3.07. The number of likely N-dealkylation sites (tertiary alicyclic amines) is 1. The van der Waals surface area contributed by atoms with E-state index in [-0.39, 0.29) is 23.9 Å². The minimum absolute atomic E-state index is 0.0416. The minimum Gasteiger partial charge on any atom is -0.366 e. The topological polar surface area (TPSA) is 60.8 Å². The molecule has 1 aromatic heterocycles. The van der Waals surface area contributed by atoms with Crippen LogP contribution in [0.2, 0.25) is 0 Å². The Morgan fingerprint density at radius 3 is 2.34 bits per heavy atom. The van der Waals surface area contributed by atoms with E-state index in [1.165, 1.54) is 25.7 Å². The van der Waals surface area contributed by atoms with Crippen LogP contribution in [0.3, 0.4) is 0 Å². The molecule has 0 aliphatic carbocycles. The highest BCUT2D eigenvalue weighted by Crippen LogP contribution is 2.26. The lowest BCUT2D eigenvalue weighted by molar-refractivity contribution is -0.113. The first kappa shape index (κ1) is 22.7. The number of piperazine rings is 1. The van der Waals surface area contributed by atoms with Gasteiger partial charge < -0.3 is 19.7 Å². The lowest BCUT2D eigenvalue weighted by atomic mass is 10.1. The Labute approximate surface area is 194 Å². The summed E-state index contributed by atoms with van der Waals surface area (Å²) in [5.74, 6) is -0.171. The molecule has 2 fully saturated rings. The molecule has 0 spiro atoms. The molecule has 2 aliphatic rings. The SMILES string of the molecule is Cn1cccc1C(=O)N1CCN(c2ccc(NC(=O)CCl)cc2)CC1N1CCCCCC1. The van der Waals surface area contributed by atoms with Gasteiger partial charge in [0, 0.05) is 50.8 Å². The van der Waals surface area contributed by atoms with E-state index >= 15 is 0 Å². The van der Waals surface area contributed by atoms with Gasteiger partial charge in [0.05, 0.1) is 6.54 Å². The number of amides is 2. The predicted octanol–water partition coefficient (Wildman–Crippen LogP) is 3.37. The number of hydrogen-bond donors (Lipinski definition) is 1. The first-order valence-electron chi connectivity index (χ1n) is 11.4. The van der Waals surface area contributed by atoms with Crippen molar-refractivity contribution in [2.24, 2.45) is 7.05 Å². The summed E-state index contributed by atoms with van der Waals surface area (Å²) < 4.78 is 1.90. The van der Waals surface area contributed by atoms with Crippen molar-refractivity contribution in [2.75, 3.05) is 48.8 Å². The second-order valence-electron chi connectivity index (χ2n) is 8.61. The largest absolute Gasteiger partial charge is 0.366 e. The van der Waals surface area contributed by atoms with Gasteiger partial charge in [-0.25, -0.2) is 0 Å². The number of alkyl halides is 1. The van der Waals surface area contributed by atoms with E-state index in [9.17, 15) is 9.59 Å². The summed E-state index contributed by atoms with van der Waals surface area (Å²) in [6.07, 6.45) is 6.84. The molecule has 0 saturated carbocycles. The minimum atomic E-state index is -0.214. The first-order chi connectivity index (χ1) is 15.6. The van der Waals surface area contributed by atoms with Crippen molar-refractivity contribution in [1.29, 1.82) is 0 Å². The fourth-order valence-electron chi connectivity index (χ4n) is 4.72. The number of nitrogens with zero attached hydrogens (tertiary/aromatic N) is 4. The summed E-state index contributed by atoms with van der Waals surface area (Å²) in [4.78, 5) is 31.9. The molecule has 2 aliphatic heterocycles. The monoisotopic (exact) mass is 457 g/mol. The van der Waals surface area contributed by atoms with Gasteiger partial charge in [-0.3, -0.25) is 14.5 Å². The van der Waals surface area contributed by atoms with E-state index in [0.29, 0.717) is 6.54 Å². The van der Waals surface area contributed by atoms with Crippen molar-refractivity contribution in [3.63, 3.8) is 0 Å². The van der Waals surface area contributed by atoms with Crippen LogP contribution in [0.25, 0.3) is 0 Å². The Morgan fingerprint density at radius 1 is 1.00 bits per heavy atom. The summed E-state index contributed by atoms with van der Waals surface area (Å²) in [6.45, 7) is 4.27. The number of benzene rings is 1. The second kappa shape index (κ2) is 10.4. The van der Waals surface area contributed by atoms with Crippen LogP contribution in [0.15, 0.2) is 42.6 Å². The zero-order valence-corrected chi connectivity index (χ0v) is 19.4. The third-order valence-corrected chi connectivity index (χ3v) is 6.72. The lowest BCUT2D eigenvalue weighted by Crippen LogP contribution is -2.62. The van der Waals surface area contributed by atoms with E-state index in [0.717, 1.165) is 43.2 Å². The Morgan fingerprint density at radius 2 is 1.72 bits per heavy atom. The van der Waals surface area contributed by atoms with Crippen molar-refractivity contribution in [1.82, 2.24) is 14.4 Å². The Kier molecular flexibility index (Phi) is 7.37. The van der Waals surface area contributed by atoms with Crippen LogP contribution in [0, 0.1) is 0 Å². The molecule has 32 heavy (non-hydrogen) atoms. The van der Waals surface area contributed by atoms with E-state index < -0.39 is 0 Å².